The zero-order chi connectivity index (χ0) is 17.5. The number of aromatic nitrogens is 2. The highest BCUT2D eigenvalue weighted by Gasteiger charge is 2.18. The topological polar surface area (TPSA) is 73.3 Å². The van der Waals surface area contributed by atoms with Crippen LogP contribution < -0.4 is 10.1 Å². The maximum Gasteiger partial charge on any atom is 0.258 e. The predicted molar refractivity (Wildman–Crippen MR) is 88.6 cm³/mol. The molecule has 1 aliphatic rings. The average molecular weight is 345 g/mol. The van der Waals surface area contributed by atoms with E-state index in [1.807, 2.05) is 0 Å². The van der Waals surface area contributed by atoms with E-state index in [2.05, 4.69) is 15.3 Å². The number of rotatable bonds is 6. The number of ether oxygens (including phenoxy) is 2. The van der Waals surface area contributed by atoms with Crippen LogP contribution in [0.5, 0.6) is 5.75 Å². The van der Waals surface area contributed by atoms with E-state index in [-0.39, 0.29) is 25.0 Å². The second-order valence-corrected chi connectivity index (χ2v) is 5.84. The zero-order valence-electron chi connectivity index (χ0n) is 13.8. The molecule has 2 aromatic rings. The number of benzene rings is 1. The van der Waals surface area contributed by atoms with Gasteiger partial charge in [-0.2, -0.15) is 0 Å². The molecule has 0 spiro atoms. The number of carbonyl (C=O) groups excluding carboxylic acids is 1. The van der Waals surface area contributed by atoms with Gasteiger partial charge >= 0.3 is 0 Å². The third kappa shape index (κ3) is 5.22. The Hall–Kier alpha value is -2.54. The van der Waals surface area contributed by atoms with E-state index in [0.717, 1.165) is 31.0 Å². The molecule has 1 aliphatic heterocycles. The summed E-state index contributed by atoms with van der Waals surface area (Å²) < 4.78 is 23.8. The molecule has 1 amide bonds. The number of carbonyl (C=O) groups is 1. The Kier molecular flexibility index (Phi) is 5.90. The van der Waals surface area contributed by atoms with Crippen molar-refractivity contribution in [3.05, 3.63) is 53.9 Å². The summed E-state index contributed by atoms with van der Waals surface area (Å²) in [6.45, 7) is 1.53. The maximum absolute atomic E-state index is 13.0. The molecule has 1 fully saturated rings. The predicted octanol–water partition coefficient (Wildman–Crippen LogP) is 2.20. The molecule has 0 aliphatic carbocycles. The lowest BCUT2D eigenvalue weighted by molar-refractivity contribution is -0.123. The largest absolute Gasteiger partial charge is 0.484 e. The summed E-state index contributed by atoms with van der Waals surface area (Å²) in [7, 11) is 0. The number of nitrogens with one attached hydrogen (secondary N) is 1. The van der Waals surface area contributed by atoms with Crippen LogP contribution in [0.15, 0.2) is 36.5 Å². The molecule has 2 heterocycles. The molecule has 0 radical (unpaired) electrons. The SMILES string of the molecule is O=C(COc1cccc(F)c1)NCc1ccnc(C2CCCOC2)n1. The number of nitrogens with zero attached hydrogens (tertiary/aromatic N) is 2. The quantitative estimate of drug-likeness (QED) is 0.869. The lowest BCUT2D eigenvalue weighted by atomic mass is 10.0. The Morgan fingerprint density at radius 1 is 1.40 bits per heavy atom. The Morgan fingerprint density at radius 2 is 2.32 bits per heavy atom. The minimum Gasteiger partial charge on any atom is -0.484 e. The van der Waals surface area contributed by atoms with Crippen LogP contribution in [0.4, 0.5) is 4.39 Å². The maximum atomic E-state index is 13.0. The van der Waals surface area contributed by atoms with Crippen LogP contribution >= 0.6 is 0 Å². The highest BCUT2D eigenvalue weighted by atomic mass is 19.1. The second-order valence-electron chi connectivity index (χ2n) is 5.84. The van der Waals surface area contributed by atoms with E-state index < -0.39 is 5.82 Å². The Morgan fingerprint density at radius 3 is 3.12 bits per heavy atom. The highest BCUT2D eigenvalue weighted by molar-refractivity contribution is 5.77. The summed E-state index contributed by atoms with van der Waals surface area (Å²) in [6, 6.07) is 7.44. The molecule has 1 aromatic heterocycles. The van der Waals surface area contributed by atoms with Gasteiger partial charge in [-0.05, 0) is 31.0 Å². The minimum atomic E-state index is -0.405. The summed E-state index contributed by atoms with van der Waals surface area (Å²) in [5, 5.41) is 2.73. The van der Waals surface area contributed by atoms with E-state index in [1.165, 1.54) is 18.2 Å². The Bertz CT molecular complexity index is 720. The molecule has 1 atom stereocenters. The fourth-order valence-corrected chi connectivity index (χ4v) is 2.60. The third-order valence-electron chi connectivity index (χ3n) is 3.89. The average Bonchev–Trinajstić information content (AvgIpc) is 2.66. The highest BCUT2D eigenvalue weighted by Crippen LogP contribution is 2.22. The molecule has 7 heteroatoms. The lowest BCUT2D eigenvalue weighted by Gasteiger charge is -2.20. The van der Waals surface area contributed by atoms with Crippen molar-refractivity contribution in [2.24, 2.45) is 0 Å². The summed E-state index contributed by atoms with van der Waals surface area (Å²) in [5.41, 5.74) is 0.731. The van der Waals surface area contributed by atoms with Crippen molar-refractivity contribution in [2.45, 2.75) is 25.3 Å². The summed E-state index contributed by atoms with van der Waals surface area (Å²) in [4.78, 5) is 20.7. The second kappa shape index (κ2) is 8.53. The summed E-state index contributed by atoms with van der Waals surface area (Å²) >= 11 is 0. The normalized spacial score (nSPS) is 17.1. The molecule has 1 aromatic carbocycles. The van der Waals surface area contributed by atoms with Crippen LogP contribution in [0.25, 0.3) is 0 Å². The smallest absolute Gasteiger partial charge is 0.258 e. The van der Waals surface area contributed by atoms with E-state index in [9.17, 15) is 9.18 Å². The first-order valence-corrected chi connectivity index (χ1v) is 8.25. The van der Waals surface area contributed by atoms with Crippen molar-refractivity contribution in [2.75, 3.05) is 19.8 Å². The molecule has 1 saturated heterocycles. The third-order valence-corrected chi connectivity index (χ3v) is 3.89. The summed E-state index contributed by atoms with van der Waals surface area (Å²) in [6.07, 6.45) is 3.71. The van der Waals surface area contributed by atoms with Gasteiger partial charge in [0.2, 0.25) is 0 Å². The van der Waals surface area contributed by atoms with Crippen molar-refractivity contribution < 1.29 is 18.7 Å². The molecule has 0 saturated carbocycles. The molecule has 132 valence electrons. The van der Waals surface area contributed by atoms with Crippen LogP contribution in [0.3, 0.4) is 0 Å². The molecule has 3 rings (SSSR count). The van der Waals surface area contributed by atoms with Gasteiger partial charge in [0.1, 0.15) is 17.4 Å². The fourth-order valence-electron chi connectivity index (χ4n) is 2.60. The van der Waals surface area contributed by atoms with Gasteiger partial charge in [-0.1, -0.05) is 6.07 Å². The fraction of sp³-hybridized carbons (Fsp3) is 0.389. The van der Waals surface area contributed by atoms with Crippen LogP contribution in [-0.2, 0) is 16.1 Å². The zero-order valence-corrected chi connectivity index (χ0v) is 13.8. The van der Waals surface area contributed by atoms with E-state index in [1.54, 1.807) is 18.3 Å². The van der Waals surface area contributed by atoms with E-state index >= 15 is 0 Å². The van der Waals surface area contributed by atoms with Gasteiger partial charge in [0.15, 0.2) is 6.61 Å². The van der Waals surface area contributed by atoms with Crippen LogP contribution in [0.2, 0.25) is 0 Å². The van der Waals surface area contributed by atoms with Crippen molar-refractivity contribution in [1.82, 2.24) is 15.3 Å². The van der Waals surface area contributed by atoms with Gasteiger partial charge in [-0.15, -0.1) is 0 Å². The van der Waals surface area contributed by atoms with Crippen LogP contribution in [0, 0.1) is 5.82 Å². The van der Waals surface area contributed by atoms with Gasteiger partial charge in [0, 0.05) is 24.8 Å². The Labute approximate surface area is 145 Å². The molecule has 1 unspecified atom stereocenters. The van der Waals surface area contributed by atoms with Crippen molar-refractivity contribution >= 4 is 5.91 Å². The van der Waals surface area contributed by atoms with Gasteiger partial charge in [0.25, 0.3) is 5.91 Å². The van der Waals surface area contributed by atoms with Crippen LogP contribution in [-0.4, -0.2) is 35.7 Å². The monoisotopic (exact) mass is 345 g/mol. The van der Waals surface area contributed by atoms with E-state index in [0.29, 0.717) is 12.4 Å². The van der Waals surface area contributed by atoms with Crippen molar-refractivity contribution in [3.63, 3.8) is 0 Å². The molecule has 0 bridgehead atoms. The van der Waals surface area contributed by atoms with Gasteiger partial charge in [-0.3, -0.25) is 4.79 Å². The molecular weight excluding hydrogens is 325 g/mol. The lowest BCUT2D eigenvalue weighted by Crippen LogP contribution is -2.29. The first-order chi connectivity index (χ1) is 12.2. The first-order valence-electron chi connectivity index (χ1n) is 8.25. The Balaban J connectivity index is 1.48. The number of halogens is 1. The van der Waals surface area contributed by atoms with Crippen molar-refractivity contribution in [3.8, 4) is 5.75 Å². The standard InChI is InChI=1S/C18H20FN3O3/c19-14-4-1-5-16(9-14)25-12-17(23)21-10-15-6-7-20-18(22-15)13-3-2-8-24-11-13/h1,4-7,9,13H,2-3,8,10-12H2,(H,21,23). The van der Waals surface area contributed by atoms with Crippen molar-refractivity contribution in [1.29, 1.82) is 0 Å². The molecule has 25 heavy (non-hydrogen) atoms. The van der Waals surface area contributed by atoms with Gasteiger partial charge in [-0.25, -0.2) is 14.4 Å². The molecule has 1 N–H and O–H groups in total. The van der Waals surface area contributed by atoms with E-state index in [4.69, 9.17) is 9.47 Å². The molecule has 6 nitrogen and oxygen atoms in total. The first kappa shape index (κ1) is 17.3. The van der Waals surface area contributed by atoms with Crippen LogP contribution in [0.1, 0.15) is 30.3 Å². The van der Waals surface area contributed by atoms with Gasteiger partial charge < -0.3 is 14.8 Å². The summed E-state index contributed by atoms with van der Waals surface area (Å²) in [5.74, 6) is 0.573. The molecular formula is C18H20FN3O3. The number of hydrogen-bond acceptors (Lipinski definition) is 5. The van der Waals surface area contributed by atoms with Gasteiger partial charge in [0.05, 0.1) is 18.8 Å². The number of hydrogen-bond donors (Lipinski definition) is 1. The minimum absolute atomic E-state index is 0.183. The number of amides is 1.